The van der Waals surface area contributed by atoms with Crippen LogP contribution in [0.1, 0.15) is 12.0 Å². The van der Waals surface area contributed by atoms with Gasteiger partial charge in [0.1, 0.15) is 11.0 Å². The second kappa shape index (κ2) is 7.47. The zero-order valence-corrected chi connectivity index (χ0v) is 16.2. The highest BCUT2D eigenvalue weighted by atomic mass is 32.2. The van der Waals surface area contributed by atoms with E-state index in [2.05, 4.69) is 15.2 Å². The number of imide groups is 1. The molecule has 2 aromatic carbocycles. The van der Waals surface area contributed by atoms with Crippen LogP contribution in [0.15, 0.2) is 53.7 Å². The molecule has 1 saturated heterocycles. The van der Waals surface area contributed by atoms with Gasteiger partial charge in [-0.3, -0.25) is 14.7 Å². The van der Waals surface area contributed by atoms with Gasteiger partial charge in [0.25, 0.3) is 0 Å². The number of aromatic nitrogens is 3. The summed E-state index contributed by atoms with van der Waals surface area (Å²) in [6.45, 7) is 2.01. The van der Waals surface area contributed by atoms with Gasteiger partial charge in [0.15, 0.2) is 5.82 Å². The number of H-pyrrole nitrogens is 1. The zero-order valence-electron chi connectivity index (χ0n) is 15.4. The zero-order chi connectivity index (χ0) is 19.7. The van der Waals surface area contributed by atoms with E-state index in [1.807, 2.05) is 31.2 Å². The van der Waals surface area contributed by atoms with Gasteiger partial charge >= 0.3 is 0 Å². The molecule has 0 spiro atoms. The lowest BCUT2D eigenvalue weighted by Crippen LogP contribution is -2.31. The quantitative estimate of drug-likeness (QED) is 0.669. The van der Waals surface area contributed by atoms with Crippen molar-refractivity contribution in [3.8, 4) is 17.1 Å². The molecule has 28 heavy (non-hydrogen) atoms. The summed E-state index contributed by atoms with van der Waals surface area (Å²) in [5.74, 6) is 0.803. The molecule has 1 aromatic heterocycles. The number of nitrogens with one attached hydrogen (secondary N) is 1. The molecular formula is C20H18N4O3S. The summed E-state index contributed by atoms with van der Waals surface area (Å²) in [6.07, 6.45) is 0.115. The monoisotopic (exact) mass is 394 g/mol. The molecule has 1 aliphatic rings. The van der Waals surface area contributed by atoms with Crippen LogP contribution in [0.4, 0.5) is 5.69 Å². The number of amides is 2. The van der Waals surface area contributed by atoms with Crippen molar-refractivity contribution in [2.75, 3.05) is 12.0 Å². The van der Waals surface area contributed by atoms with Crippen LogP contribution in [0, 0.1) is 6.92 Å². The van der Waals surface area contributed by atoms with Gasteiger partial charge in [0, 0.05) is 12.0 Å². The average Bonchev–Trinajstić information content (AvgIpc) is 3.27. The van der Waals surface area contributed by atoms with E-state index in [4.69, 9.17) is 4.74 Å². The lowest BCUT2D eigenvalue weighted by Gasteiger charge is -2.14. The summed E-state index contributed by atoms with van der Waals surface area (Å²) >= 11 is 1.20. The minimum atomic E-state index is -0.546. The maximum atomic E-state index is 12.8. The average molecular weight is 394 g/mol. The van der Waals surface area contributed by atoms with Crippen LogP contribution < -0.4 is 9.64 Å². The number of methoxy groups -OCH3 is 1. The van der Waals surface area contributed by atoms with Crippen LogP contribution in [0.3, 0.4) is 0 Å². The molecule has 0 saturated carbocycles. The molecule has 1 N–H and O–H groups in total. The largest absolute Gasteiger partial charge is 0.497 e. The van der Waals surface area contributed by atoms with E-state index >= 15 is 0 Å². The van der Waals surface area contributed by atoms with Gasteiger partial charge in [0.2, 0.25) is 17.0 Å². The van der Waals surface area contributed by atoms with Crippen LogP contribution in [0.2, 0.25) is 0 Å². The van der Waals surface area contributed by atoms with Crippen molar-refractivity contribution in [2.45, 2.75) is 23.8 Å². The highest BCUT2D eigenvalue weighted by molar-refractivity contribution is 8.00. The van der Waals surface area contributed by atoms with E-state index in [-0.39, 0.29) is 18.2 Å². The first kappa shape index (κ1) is 18.2. The van der Waals surface area contributed by atoms with Gasteiger partial charge in [0.05, 0.1) is 12.8 Å². The highest BCUT2D eigenvalue weighted by Crippen LogP contribution is 2.33. The fourth-order valence-corrected chi connectivity index (χ4v) is 3.98. The fourth-order valence-electron chi connectivity index (χ4n) is 3.05. The molecule has 0 unspecified atom stereocenters. The van der Waals surface area contributed by atoms with Crippen molar-refractivity contribution in [1.29, 1.82) is 0 Å². The Morgan fingerprint density at radius 1 is 1.18 bits per heavy atom. The summed E-state index contributed by atoms with van der Waals surface area (Å²) in [7, 11) is 1.57. The molecule has 4 rings (SSSR count). The number of rotatable bonds is 5. The Bertz CT molecular complexity index is 1030. The molecule has 1 atom stereocenters. The first-order valence-corrected chi connectivity index (χ1v) is 9.60. The number of carbonyl (C=O) groups is 2. The minimum Gasteiger partial charge on any atom is -0.497 e. The summed E-state index contributed by atoms with van der Waals surface area (Å²) in [4.78, 5) is 30.9. The maximum Gasteiger partial charge on any atom is 0.247 e. The van der Waals surface area contributed by atoms with Crippen LogP contribution in [0.5, 0.6) is 5.75 Å². The Morgan fingerprint density at radius 3 is 2.68 bits per heavy atom. The number of nitrogens with zero attached hydrogens (tertiary/aromatic N) is 3. The van der Waals surface area contributed by atoms with Crippen molar-refractivity contribution < 1.29 is 14.3 Å². The number of aromatic amines is 1. The topological polar surface area (TPSA) is 88.2 Å². The van der Waals surface area contributed by atoms with Gasteiger partial charge in [-0.05, 0) is 37.3 Å². The van der Waals surface area contributed by atoms with Crippen LogP contribution in [-0.4, -0.2) is 39.4 Å². The number of anilines is 1. The number of thioether (sulfide) groups is 1. The van der Waals surface area contributed by atoms with E-state index in [9.17, 15) is 9.59 Å². The molecule has 2 amide bonds. The van der Waals surface area contributed by atoms with Crippen LogP contribution in [0.25, 0.3) is 11.4 Å². The Balaban J connectivity index is 1.50. The summed E-state index contributed by atoms with van der Waals surface area (Å²) in [5, 5.41) is 6.99. The molecule has 8 heteroatoms. The molecule has 0 aliphatic carbocycles. The molecule has 1 aliphatic heterocycles. The Morgan fingerprint density at radius 2 is 1.96 bits per heavy atom. The van der Waals surface area contributed by atoms with Crippen molar-refractivity contribution in [3.05, 3.63) is 54.1 Å². The van der Waals surface area contributed by atoms with Crippen molar-refractivity contribution >= 4 is 29.3 Å². The van der Waals surface area contributed by atoms with Crippen molar-refractivity contribution in [3.63, 3.8) is 0 Å². The SMILES string of the molecule is COc1ccc(N2C(=O)C[C@@H](Sc3n[nH]c(-c4cccc(C)c4)n3)C2=O)cc1. The Kier molecular flexibility index (Phi) is 4.87. The molecule has 0 radical (unpaired) electrons. The first-order valence-electron chi connectivity index (χ1n) is 8.72. The number of aryl methyl sites for hydroxylation is 1. The highest BCUT2D eigenvalue weighted by Gasteiger charge is 2.40. The van der Waals surface area contributed by atoms with Gasteiger partial charge in [-0.1, -0.05) is 35.5 Å². The standard InChI is InChI=1S/C20H18N4O3S/c1-12-4-3-5-13(10-12)18-21-20(23-22-18)28-16-11-17(25)24(19(16)26)14-6-8-15(27-2)9-7-14/h3-10,16H,11H2,1-2H3,(H,21,22,23)/t16-/m1/s1. The van der Waals surface area contributed by atoms with E-state index in [1.165, 1.54) is 16.7 Å². The third-order valence-electron chi connectivity index (χ3n) is 4.44. The van der Waals surface area contributed by atoms with E-state index in [1.54, 1.807) is 31.4 Å². The number of hydrogen-bond donors (Lipinski definition) is 1. The maximum absolute atomic E-state index is 12.8. The molecule has 142 valence electrons. The summed E-state index contributed by atoms with van der Waals surface area (Å²) in [5.41, 5.74) is 2.58. The molecule has 7 nitrogen and oxygen atoms in total. The van der Waals surface area contributed by atoms with Crippen LogP contribution in [-0.2, 0) is 9.59 Å². The number of hydrogen-bond acceptors (Lipinski definition) is 6. The van der Waals surface area contributed by atoms with Crippen molar-refractivity contribution in [2.24, 2.45) is 0 Å². The minimum absolute atomic E-state index is 0.115. The van der Waals surface area contributed by atoms with Gasteiger partial charge in [-0.15, -0.1) is 5.10 Å². The third-order valence-corrected chi connectivity index (χ3v) is 5.49. The Labute approximate surface area is 166 Å². The number of carbonyl (C=O) groups excluding carboxylic acids is 2. The molecule has 1 fully saturated rings. The predicted octanol–water partition coefficient (Wildman–Crippen LogP) is 3.21. The molecular weight excluding hydrogens is 376 g/mol. The van der Waals surface area contributed by atoms with E-state index in [0.29, 0.717) is 22.4 Å². The van der Waals surface area contributed by atoms with Crippen molar-refractivity contribution in [1.82, 2.24) is 15.2 Å². The fraction of sp³-hybridized carbons (Fsp3) is 0.200. The lowest BCUT2D eigenvalue weighted by molar-refractivity contribution is -0.121. The van der Waals surface area contributed by atoms with E-state index < -0.39 is 5.25 Å². The predicted molar refractivity (Wildman–Crippen MR) is 106 cm³/mol. The Hall–Kier alpha value is -3.13. The van der Waals surface area contributed by atoms with Gasteiger partial charge < -0.3 is 4.74 Å². The molecule has 0 bridgehead atoms. The summed E-state index contributed by atoms with van der Waals surface area (Å²) in [6, 6.07) is 14.7. The second-order valence-corrected chi connectivity index (χ2v) is 7.58. The summed E-state index contributed by atoms with van der Waals surface area (Å²) < 4.78 is 5.12. The normalized spacial score (nSPS) is 16.6. The second-order valence-electron chi connectivity index (χ2n) is 6.41. The number of benzene rings is 2. The van der Waals surface area contributed by atoms with E-state index in [0.717, 1.165) is 11.1 Å². The lowest BCUT2D eigenvalue weighted by atomic mass is 10.1. The smallest absolute Gasteiger partial charge is 0.247 e. The molecule has 3 aromatic rings. The first-order chi connectivity index (χ1) is 13.5. The van der Waals surface area contributed by atoms with Gasteiger partial charge in [-0.2, -0.15) is 0 Å². The molecule has 2 heterocycles. The number of ether oxygens (including phenoxy) is 1. The third kappa shape index (κ3) is 3.50. The van der Waals surface area contributed by atoms with Crippen LogP contribution >= 0.6 is 11.8 Å². The van der Waals surface area contributed by atoms with Gasteiger partial charge in [-0.25, -0.2) is 9.88 Å².